The standard InChI is InChI=1S/C20H29IN3O7P/c1-14(18(26)30-19(27)16-10-7-13-23-16)31-32(28,29)20(21,11-5-6-12-22)24-17(25)15-8-3-2-4-9-15/h2-4,8-9,14,16,23H,5-7,10-13,22H2,1H3,(H,24,25)(H,28,29)/t14?,16-,20?/m0/s1. The quantitative estimate of drug-likeness (QED) is 0.0584. The maximum Gasteiger partial charge on any atom is 0.364 e. The van der Waals surface area contributed by atoms with E-state index in [1.807, 2.05) is 0 Å². The normalized spacial score (nSPS) is 20.6. The molecule has 1 heterocycles. The summed E-state index contributed by atoms with van der Waals surface area (Å²) < 4.78 is 21.5. The van der Waals surface area contributed by atoms with Crippen LogP contribution in [0.1, 0.15) is 49.4 Å². The lowest BCUT2D eigenvalue weighted by Gasteiger charge is -2.33. The third-order valence-electron chi connectivity index (χ3n) is 4.93. The fourth-order valence-electron chi connectivity index (χ4n) is 3.09. The van der Waals surface area contributed by atoms with E-state index in [1.165, 1.54) is 6.92 Å². The molecule has 10 nitrogen and oxygen atoms in total. The molecule has 0 aliphatic carbocycles. The van der Waals surface area contributed by atoms with Gasteiger partial charge in [0.05, 0.1) is 0 Å². The number of alkyl halides is 1. The first-order valence-electron chi connectivity index (χ1n) is 10.4. The lowest BCUT2D eigenvalue weighted by atomic mass is 10.2. The van der Waals surface area contributed by atoms with Crippen molar-refractivity contribution >= 4 is 48.0 Å². The molecule has 12 heteroatoms. The number of carbonyl (C=O) groups excluding carboxylic acids is 3. The van der Waals surface area contributed by atoms with E-state index in [-0.39, 0.29) is 6.42 Å². The van der Waals surface area contributed by atoms with E-state index in [9.17, 15) is 23.8 Å². The molecular formula is C20H29IN3O7P. The highest BCUT2D eigenvalue weighted by molar-refractivity contribution is 14.1. The Morgan fingerprint density at radius 1 is 1.34 bits per heavy atom. The van der Waals surface area contributed by atoms with Crippen LogP contribution in [0.2, 0.25) is 0 Å². The summed E-state index contributed by atoms with van der Waals surface area (Å²) in [5, 5.41) is 5.49. The molecule has 1 aromatic carbocycles. The van der Waals surface area contributed by atoms with Crippen LogP contribution in [0.3, 0.4) is 0 Å². The zero-order valence-electron chi connectivity index (χ0n) is 17.8. The average molecular weight is 581 g/mol. The van der Waals surface area contributed by atoms with Crippen LogP contribution in [0.4, 0.5) is 0 Å². The molecule has 0 radical (unpaired) electrons. The van der Waals surface area contributed by atoms with Crippen molar-refractivity contribution in [2.24, 2.45) is 5.73 Å². The zero-order chi connectivity index (χ0) is 23.8. The third-order valence-corrected chi connectivity index (χ3v) is 9.40. The van der Waals surface area contributed by atoms with E-state index in [2.05, 4.69) is 10.6 Å². The van der Waals surface area contributed by atoms with Crippen molar-refractivity contribution in [1.82, 2.24) is 10.6 Å². The molecule has 1 aromatic rings. The third kappa shape index (κ3) is 7.32. The lowest BCUT2D eigenvalue weighted by Crippen LogP contribution is -2.44. The van der Waals surface area contributed by atoms with Crippen molar-refractivity contribution < 1.29 is 33.1 Å². The number of nitrogens with one attached hydrogen (secondary N) is 2. The van der Waals surface area contributed by atoms with Gasteiger partial charge in [-0.3, -0.25) is 13.9 Å². The van der Waals surface area contributed by atoms with E-state index < -0.39 is 40.9 Å². The van der Waals surface area contributed by atoms with Crippen LogP contribution in [0.15, 0.2) is 30.3 Å². The van der Waals surface area contributed by atoms with Gasteiger partial charge >= 0.3 is 19.5 Å². The van der Waals surface area contributed by atoms with Crippen LogP contribution in [0, 0.1) is 0 Å². The highest BCUT2D eigenvalue weighted by Gasteiger charge is 2.50. The molecular weight excluding hydrogens is 552 g/mol. The number of unbranched alkanes of at least 4 members (excludes halogenated alkanes) is 1. The number of esters is 2. The second kappa shape index (κ2) is 12.2. The van der Waals surface area contributed by atoms with Gasteiger partial charge in [0.25, 0.3) is 5.91 Å². The van der Waals surface area contributed by atoms with E-state index >= 15 is 0 Å². The van der Waals surface area contributed by atoms with E-state index in [0.29, 0.717) is 37.9 Å². The number of ether oxygens (including phenoxy) is 1. The first-order chi connectivity index (χ1) is 15.1. The molecule has 32 heavy (non-hydrogen) atoms. The maximum atomic E-state index is 13.2. The molecule has 3 unspecified atom stereocenters. The molecule has 0 bridgehead atoms. The minimum Gasteiger partial charge on any atom is -0.390 e. The number of rotatable bonds is 11. The minimum absolute atomic E-state index is 0.0732. The molecule has 0 spiro atoms. The second-order valence-electron chi connectivity index (χ2n) is 7.48. The van der Waals surface area contributed by atoms with Gasteiger partial charge in [0.15, 0.2) is 9.39 Å². The number of hydrogen-bond donors (Lipinski definition) is 4. The summed E-state index contributed by atoms with van der Waals surface area (Å²) in [5.74, 6) is -2.40. The van der Waals surface area contributed by atoms with Gasteiger partial charge in [-0.25, -0.2) is 9.59 Å². The molecule has 4 atom stereocenters. The summed E-state index contributed by atoms with van der Waals surface area (Å²) in [7, 11) is -4.62. The van der Waals surface area contributed by atoms with Crippen LogP contribution in [-0.2, 0) is 23.4 Å². The Morgan fingerprint density at radius 2 is 2.03 bits per heavy atom. The lowest BCUT2D eigenvalue weighted by molar-refractivity contribution is -0.165. The van der Waals surface area contributed by atoms with Gasteiger partial charge in [-0.2, -0.15) is 0 Å². The van der Waals surface area contributed by atoms with E-state index in [1.54, 1.807) is 52.9 Å². The van der Waals surface area contributed by atoms with Crippen molar-refractivity contribution in [3.63, 3.8) is 0 Å². The number of carbonyl (C=O) groups is 3. The van der Waals surface area contributed by atoms with Crippen molar-refractivity contribution in [2.45, 2.75) is 54.5 Å². The Hall–Kier alpha value is -1.37. The fourth-order valence-corrected chi connectivity index (χ4v) is 5.43. The average Bonchev–Trinajstić information content (AvgIpc) is 3.29. The first-order valence-corrected chi connectivity index (χ1v) is 13.0. The van der Waals surface area contributed by atoms with Crippen LogP contribution in [0.25, 0.3) is 0 Å². The largest absolute Gasteiger partial charge is 0.390 e. The maximum absolute atomic E-state index is 13.2. The van der Waals surface area contributed by atoms with Gasteiger partial charge in [0, 0.05) is 5.56 Å². The smallest absolute Gasteiger partial charge is 0.364 e. The van der Waals surface area contributed by atoms with Gasteiger partial charge < -0.3 is 26.0 Å². The Balaban J connectivity index is 2.11. The molecule has 1 aliphatic rings. The number of halogens is 1. The Bertz CT molecular complexity index is 851. The number of benzene rings is 1. The molecule has 1 fully saturated rings. The summed E-state index contributed by atoms with van der Waals surface area (Å²) >= 11 is 1.67. The molecule has 178 valence electrons. The first kappa shape index (κ1) is 26.9. The van der Waals surface area contributed by atoms with Gasteiger partial charge in [0.1, 0.15) is 6.04 Å². The van der Waals surface area contributed by atoms with Crippen LogP contribution < -0.4 is 16.4 Å². The monoisotopic (exact) mass is 581 g/mol. The SMILES string of the molecule is CC(OP(=O)(O)C(I)(CCCCN)NC(=O)c1ccccc1)C(=O)OC(=O)[C@@H]1CCCN1. The molecule has 5 N–H and O–H groups in total. The molecule has 2 rings (SSSR count). The Morgan fingerprint density at radius 3 is 2.62 bits per heavy atom. The predicted octanol–water partition coefficient (Wildman–Crippen LogP) is 2.05. The van der Waals surface area contributed by atoms with Crippen LogP contribution in [0.5, 0.6) is 0 Å². The van der Waals surface area contributed by atoms with Crippen molar-refractivity contribution in [3.05, 3.63) is 35.9 Å². The topological polar surface area (TPSA) is 157 Å². The highest BCUT2D eigenvalue weighted by atomic mass is 127. The molecule has 0 aromatic heterocycles. The molecule has 1 amide bonds. The second-order valence-corrected chi connectivity index (χ2v) is 12.2. The van der Waals surface area contributed by atoms with E-state index in [0.717, 1.165) is 6.42 Å². The van der Waals surface area contributed by atoms with Gasteiger partial charge in [-0.1, -0.05) is 18.2 Å². The van der Waals surface area contributed by atoms with Gasteiger partial charge in [-0.15, -0.1) is 0 Å². The number of nitrogens with two attached hydrogens (primary N) is 1. The van der Waals surface area contributed by atoms with Crippen molar-refractivity contribution in [1.29, 1.82) is 0 Å². The van der Waals surface area contributed by atoms with Crippen molar-refractivity contribution in [3.8, 4) is 0 Å². The van der Waals surface area contributed by atoms with Crippen LogP contribution in [-0.4, -0.2) is 51.3 Å². The summed E-state index contributed by atoms with van der Waals surface area (Å²) in [6, 6.07) is 7.63. The summed E-state index contributed by atoms with van der Waals surface area (Å²) in [6.07, 6.45) is 0.897. The highest BCUT2D eigenvalue weighted by Crippen LogP contribution is 2.60. The molecule has 1 saturated heterocycles. The van der Waals surface area contributed by atoms with Crippen LogP contribution >= 0.6 is 30.2 Å². The van der Waals surface area contributed by atoms with Crippen molar-refractivity contribution in [2.75, 3.05) is 13.1 Å². The molecule has 1 aliphatic heterocycles. The summed E-state index contributed by atoms with van der Waals surface area (Å²) in [5.41, 5.74) is 5.83. The van der Waals surface area contributed by atoms with Gasteiger partial charge in [-0.05, 0) is 86.8 Å². The van der Waals surface area contributed by atoms with Gasteiger partial charge in [0.2, 0.25) is 0 Å². The molecule has 0 saturated carbocycles. The Labute approximate surface area is 200 Å². The number of amides is 1. The summed E-state index contributed by atoms with van der Waals surface area (Å²) in [4.78, 5) is 47.8. The minimum atomic E-state index is -4.62. The fraction of sp³-hybridized carbons (Fsp3) is 0.550. The summed E-state index contributed by atoms with van der Waals surface area (Å²) in [6.45, 7) is 2.24. The number of hydrogen-bond acceptors (Lipinski definition) is 8. The predicted molar refractivity (Wildman–Crippen MR) is 126 cm³/mol. The van der Waals surface area contributed by atoms with E-state index in [4.69, 9.17) is 15.0 Å². The Kier molecular flexibility index (Phi) is 10.2. The zero-order valence-corrected chi connectivity index (χ0v) is 20.8.